The van der Waals surface area contributed by atoms with E-state index >= 15 is 0 Å². The first-order chi connectivity index (χ1) is 4.43. The first-order valence-electron chi connectivity index (χ1n) is 3.73. The fourth-order valence-corrected chi connectivity index (χ4v) is 1.33. The van der Waals surface area contributed by atoms with E-state index in [1.807, 2.05) is 0 Å². The van der Waals surface area contributed by atoms with Crippen molar-refractivity contribution < 1.29 is 4.39 Å². The van der Waals surface area contributed by atoms with E-state index in [0.717, 1.165) is 19.4 Å². The number of rotatable bonds is 3. The van der Waals surface area contributed by atoms with Crippen LogP contribution in [0.1, 0.15) is 25.7 Å². The van der Waals surface area contributed by atoms with E-state index in [4.69, 9.17) is 0 Å². The van der Waals surface area contributed by atoms with Gasteiger partial charge >= 0.3 is 0 Å². The van der Waals surface area contributed by atoms with Crippen molar-refractivity contribution in [1.29, 1.82) is 0 Å². The van der Waals surface area contributed by atoms with Crippen LogP contribution in [0, 0.1) is 0 Å². The Kier molecular flexibility index (Phi) is 2.98. The third-order valence-corrected chi connectivity index (χ3v) is 1.85. The van der Waals surface area contributed by atoms with E-state index < -0.39 is 0 Å². The van der Waals surface area contributed by atoms with Crippen LogP contribution in [0.3, 0.4) is 0 Å². The molecule has 0 amide bonds. The fourth-order valence-electron chi connectivity index (χ4n) is 1.33. The summed E-state index contributed by atoms with van der Waals surface area (Å²) < 4.78 is 11.6. The highest BCUT2D eigenvalue weighted by atomic mass is 19.1. The van der Waals surface area contributed by atoms with Crippen molar-refractivity contribution in [3.8, 4) is 0 Å². The molecule has 1 nitrogen and oxygen atoms in total. The zero-order chi connectivity index (χ0) is 6.53. The standard InChI is InChI=1S/C7H14FN/c8-5-1-3-7-4-2-6-9-7/h7,9H,1-6H2. The average molecular weight is 131 g/mol. The monoisotopic (exact) mass is 131 g/mol. The number of hydrogen-bond acceptors (Lipinski definition) is 1. The largest absolute Gasteiger partial charge is 0.314 e. The van der Waals surface area contributed by atoms with Crippen molar-refractivity contribution in [2.75, 3.05) is 13.2 Å². The summed E-state index contributed by atoms with van der Waals surface area (Å²) in [7, 11) is 0. The summed E-state index contributed by atoms with van der Waals surface area (Å²) in [6, 6.07) is 0.626. The molecule has 0 bridgehead atoms. The Labute approximate surface area is 55.6 Å². The van der Waals surface area contributed by atoms with Gasteiger partial charge in [-0.2, -0.15) is 0 Å². The molecule has 0 saturated carbocycles. The zero-order valence-electron chi connectivity index (χ0n) is 5.70. The fraction of sp³-hybridized carbons (Fsp3) is 1.00. The average Bonchev–Trinajstić information content (AvgIpc) is 2.34. The van der Waals surface area contributed by atoms with Gasteiger partial charge in [0.25, 0.3) is 0 Å². The maximum atomic E-state index is 11.6. The zero-order valence-corrected chi connectivity index (χ0v) is 5.70. The smallest absolute Gasteiger partial charge is 0.0895 e. The molecule has 0 aliphatic carbocycles. The molecule has 9 heavy (non-hydrogen) atoms. The lowest BCUT2D eigenvalue weighted by atomic mass is 10.1. The molecule has 1 N–H and O–H groups in total. The lowest BCUT2D eigenvalue weighted by Gasteiger charge is -2.06. The van der Waals surface area contributed by atoms with Crippen LogP contribution in [-0.4, -0.2) is 19.3 Å². The predicted molar refractivity (Wildman–Crippen MR) is 36.2 cm³/mol. The van der Waals surface area contributed by atoms with Crippen molar-refractivity contribution in [3.05, 3.63) is 0 Å². The Morgan fingerprint density at radius 1 is 1.56 bits per heavy atom. The molecule has 1 saturated heterocycles. The minimum Gasteiger partial charge on any atom is -0.314 e. The molecule has 0 radical (unpaired) electrons. The molecule has 1 heterocycles. The maximum absolute atomic E-state index is 11.6. The van der Waals surface area contributed by atoms with Gasteiger partial charge in [0.15, 0.2) is 0 Å². The van der Waals surface area contributed by atoms with Crippen molar-refractivity contribution in [1.82, 2.24) is 5.32 Å². The summed E-state index contributed by atoms with van der Waals surface area (Å²) in [5.41, 5.74) is 0. The summed E-state index contributed by atoms with van der Waals surface area (Å²) in [4.78, 5) is 0. The molecule has 2 heteroatoms. The van der Waals surface area contributed by atoms with Gasteiger partial charge in [-0.1, -0.05) is 0 Å². The molecule has 0 spiro atoms. The maximum Gasteiger partial charge on any atom is 0.0895 e. The Morgan fingerprint density at radius 2 is 2.44 bits per heavy atom. The van der Waals surface area contributed by atoms with Gasteiger partial charge in [-0.15, -0.1) is 0 Å². The second kappa shape index (κ2) is 3.83. The van der Waals surface area contributed by atoms with Crippen LogP contribution in [0.5, 0.6) is 0 Å². The quantitative estimate of drug-likeness (QED) is 0.612. The molecule has 1 unspecified atom stereocenters. The van der Waals surface area contributed by atoms with Crippen molar-refractivity contribution >= 4 is 0 Å². The Bertz CT molecular complexity index is 69.3. The van der Waals surface area contributed by atoms with E-state index in [1.165, 1.54) is 12.8 Å². The molecule has 1 fully saturated rings. The molecule has 0 aromatic heterocycles. The molecule has 1 atom stereocenters. The molecular formula is C7H14FN. The summed E-state index contributed by atoms with van der Waals surface area (Å²) in [6.45, 7) is 0.981. The Morgan fingerprint density at radius 3 is 3.00 bits per heavy atom. The first-order valence-corrected chi connectivity index (χ1v) is 3.73. The van der Waals surface area contributed by atoms with Crippen LogP contribution in [0.15, 0.2) is 0 Å². The van der Waals surface area contributed by atoms with E-state index in [-0.39, 0.29) is 6.67 Å². The van der Waals surface area contributed by atoms with Crippen LogP contribution >= 0.6 is 0 Å². The van der Waals surface area contributed by atoms with Gasteiger partial charge in [0.05, 0.1) is 6.67 Å². The van der Waals surface area contributed by atoms with Crippen molar-refractivity contribution in [3.63, 3.8) is 0 Å². The summed E-state index contributed by atoms with van der Waals surface area (Å²) in [5.74, 6) is 0. The molecule has 1 aliphatic heterocycles. The third-order valence-electron chi connectivity index (χ3n) is 1.85. The molecule has 0 aromatic rings. The Balaban J connectivity index is 1.98. The van der Waals surface area contributed by atoms with E-state index in [0.29, 0.717) is 6.04 Å². The minimum absolute atomic E-state index is 0.155. The topological polar surface area (TPSA) is 12.0 Å². The van der Waals surface area contributed by atoms with Crippen LogP contribution in [0.2, 0.25) is 0 Å². The van der Waals surface area contributed by atoms with Crippen molar-refractivity contribution in [2.24, 2.45) is 0 Å². The van der Waals surface area contributed by atoms with Gasteiger partial charge < -0.3 is 5.32 Å². The van der Waals surface area contributed by atoms with Crippen molar-refractivity contribution in [2.45, 2.75) is 31.7 Å². The highest BCUT2D eigenvalue weighted by Gasteiger charge is 2.12. The second-order valence-electron chi connectivity index (χ2n) is 2.62. The molecule has 54 valence electrons. The SMILES string of the molecule is FCCCC1CCCN1. The molecule has 1 aliphatic rings. The predicted octanol–water partition coefficient (Wildman–Crippen LogP) is 1.49. The minimum atomic E-state index is -0.155. The number of halogens is 1. The van der Waals surface area contributed by atoms with Gasteiger partial charge in [-0.3, -0.25) is 4.39 Å². The lowest BCUT2D eigenvalue weighted by molar-refractivity contribution is 0.429. The van der Waals surface area contributed by atoms with E-state index in [9.17, 15) is 4.39 Å². The first kappa shape index (κ1) is 7.00. The van der Waals surface area contributed by atoms with Gasteiger partial charge in [0.1, 0.15) is 0 Å². The van der Waals surface area contributed by atoms with E-state index in [2.05, 4.69) is 5.32 Å². The van der Waals surface area contributed by atoms with Crippen LogP contribution < -0.4 is 5.32 Å². The Hall–Kier alpha value is -0.110. The summed E-state index contributed by atoms with van der Waals surface area (Å²) in [5, 5.41) is 3.32. The molecule has 1 rings (SSSR count). The van der Waals surface area contributed by atoms with Crippen LogP contribution in [0.25, 0.3) is 0 Å². The second-order valence-corrected chi connectivity index (χ2v) is 2.62. The molecular weight excluding hydrogens is 117 g/mol. The normalized spacial score (nSPS) is 27.0. The van der Waals surface area contributed by atoms with E-state index in [1.54, 1.807) is 0 Å². The van der Waals surface area contributed by atoms with Crippen LogP contribution in [0.4, 0.5) is 4.39 Å². The van der Waals surface area contributed by atoms with Gasteiger partial charge in [-0.25, -0.2) is 0 Å². The number of hydrogen-bond donors (Lipinski definition) is 1. The number of alkyl halides is 1. The van der Waals surface area contributed by atoms with Crippen LogP contribution in [-0.2, 0) is 0 Å². The van der Waals surface area contributed by atoms with Gasteiger partial charge in [0, 0.05) is 6.04 Å². The summed E-state index contributed by atoms with van der Waals surface area (Å²) >= 11 is 0. The molecule has 0 aromatic carbocycles. The van der Waals surface area contributed by atoms with Gasteiger partial charge in [-0.05, 0) is 32.2 Å². The highest BCUT2D eigenvalue weighted by molar-refractivity contribution is 4.73. The lowest BCUT2D eigenvalue weighted by Crippen LogP contribution is -2.20. The summed E-state index contributed by atoms with van der Waals surface area (Å²) in [6.07, 6.45) is 4.28. The third kappa shape index (κ3) is 2.31. The number of nitrogens with one attached hydrogen (secondary N) is 1. The highest BCUT2D eigenvalue weighted by Crippen LogP contribution is 2.10. The van der Waals surface area contributed by atoms with Gasteiger partial charge in [0.2, 0.25) is 0 Å².